The molecule has 0 spiro atoms. The predicted octanol–water partition coefficient (Wildman–Crippen LogP) is 9.41. The van der Waals surface area contributed by atoms with Gasteiger partial charge in [0.05, 0.1) is 38.6 Å². The van der Waals surface area contributed by atoms with Gasteiger partial charge in [-0.05, 0) is 83.8 Å². The number of ether oxygens (including phenoxy) is 1. The number of hydrogen-bond acceptors (Lipinski definition) is 8. The molecule has 0 bridgehead atoms. The van der Waals surface area contributed by atoms with Crippen LogP contribution in [0.3, 0.4) is 0 Å². The van der Waals surface area contributed by atoms with E-state index in [1.807, 2.05) is 66.8 Å². The van der Waals surface area contributed by atoms with E-state index in [4.69, 9.17) is 51.1 Å². The fraction of sp³-hybridized carbons (Fsp3) is 0.0732. The molecular weight excluding hydrogens is 786 g/mol. The molecule has 2 amide bonds. The van der Waals surface area contributed by atoms with Crippen LogP contribution in [0.15, 0.2) is 125 Å². The van der Waals surface area contributed by atoms with Gasteiger partial charge in [-0.2, -0.15) is 10.2 Å². The van der Waals surface area contributed by atoms with E-state index in [0.29, 0.717) is 33.5 Å². The van der Waals surface area contributed by atoms with E-state index in [-0.39, 0.29) is 21.5 Å². The molecule has 0 saturated carbocycles. The summed E-state index contributed by atoms with van der Waals surface area (Å²) in [5.74, 6) is -0.573. The van der Waals surface area contributed by atoms with Crippen LogP contribution < -0.4 is 15.6 Å². The number of benzene rings is 5. The second-order valence-corrected chi connectivity index (χ2v) is 13.1. The third kappa shape index (κ3) is 13.9. The van der Waals surface area contributed by atoms with E-state index >= 15 is 0 Å². The first kappa shape index (κ1) is 42.1. The molecule has 0 aromatic heterocycles. The molecule has 14 heteroatoms. The van der Waals surface area contributed by atoms with E-state index in [2.05, 4.69) is 21.1 Å². The van der Waals surface area contributed by atoms with E-state index in [1.165, 1.54) is 48.8 Å². The van der Waals surface area contributed by atoms with Gasteiger partial charge >= 0.3 is 0 Å². The zero-order valence-corrected chi connectivity index (χ0v) is 32.1. The van der Waals surface area contributed by atoms with Crippen molar-refractivity contribution in [1.29, 1.82) is 0 Å². The third-order valence-corrected chi connectivity index (χ3v) is 8.37. The van der Waals surface area contributed by atoms with Gasteiger partial charge in [0.15, 0.2) is 5.75 Å². The van der Waals surface area contributed by atoms with Gasteiger partial charge in [-0.3, -0.25) is 9.59 Å². The van der Waals surface area contributed by atoms with E-state index in [1.54, 1.807) is 31.2 Å². The number of aliphatic hydroxyl groups excluding tert-OH is 1. The smallest absolute Gasteiger partial charge is 0.271 e. The van der Waals surface area contributed by atoms with Crippen molar-refractivity contribution in [3.8, 4) is 17.2 Å². The van der Waals surface area contributed by atoms with Crippen LogP contribution in [0.5, 0.6) is 17.2 Å². The number of para-hydroxylation sites is 1. The molecular formula is C41H34Cl4N4O6. The molecule has 1 unspecified atom stereocenters. The van der Waals surface area contributed by atoms with Crippen LogP contribution in [-0.2, 0) is 0 Å². The van der Waals surface area contributed by atoms with Gasteiger partial charge in [-0.25, -0.2) is 10.9 Å². The number of aromatic hydroxyl groups is 2. The Hall–Kier alpha value is -5.62. The first-order valence-corrected chi connectivity index (χ1v) is 17.8. The molecule has 55 heavy (non-hydrogen) atoms. The lowest BCUT2D eigenvalue weighted by Crippen LogP contribution is -2.17. The molecule has 0 aliphatic carbocycles. The zero-order chi connectivity index (χ0) is 39.7. The maximum Gasteiger partial charge on any atom is 0.271 e. The minimum absolute atomic E-state index is 0.0820. The highest BCUT2D eigenvalue weighted by molar-refractivity contribution is 6.37. The predicted molar refractivity (Wildman–Crippen MR) is 221 cm³/mol. The highest BCUT2D eigenvalue weighted by Gasteiger charge is 2.09. The summed E-state index contributed by atoms with van der Waals surface area (Å²) < 4.78 is 5.60. The second kappa shape index (κ2) is 21.3. The van der Waals surface area contributed by atoms with Crippen molar-refractivity contribution in [1.82, 2.24) is 10.9 Å². The molecule has 5 aromatic rings. The van der Waals surface area contributed by atoms with Crippen LogP contribution in [0.25, 0.3) is 12.2 Å². The summed E-state index contributed by atoms with van der Waals surface area (Å²) in [5, 5.41) is 36.9. The fourth-order valence-corrected chi connectivity index (χ4v) is 5.20. The highest BCUT2D eigenvalue weighted by Crippen LogP contribution is 2.32. The summed E-state index contributed by atoms with van der Waals surface area (Å²) >= 11 is 23.7. The van der Waals surface area contributed by atoms with Crippen molar-refractivity contribution >= 4 is 82.8 Å². The quantitative estimate of drug-likeness (QED) is 0.0625. The van der Waals surface area contributed by atoms with Gasteiger partial charge in [0.25, 0.3) is 11.8 Å². The van der Waals surface area contributed by atoms with Crippen LogP contribution >= 0.6 is 46.4 Å². The summed E-state index contributed by atoms with van der Waals surface area (Å²) in [6, 6.07) is 28.5. The minimum atomic E-state index is -0.491. The van der Waals surface area contributed by atoms with E-state index in [9.17, 15) is 24.9 Å². The average Bonchev–Trinajstić information content (AvgIpc) is 3.17. The lowest BCUT2D eigenvalue weighted by molar-refractivity contribution is 0.0947. The Bertz CT molecular complexity index is 2190. The number of hydrogen-bond donors (Lipinski definition) is 5. The molecule has 10 nitrogen and oxygen atoms in total. The van der Waals surface area contributed by atoms with Gasteiger partial charge in [-0.15, -0.1) is 0 Å². The van der Waals surface area contributed by atoms with Crippen molar-refractivity contribution in [2.75, 3.05) is 6.61 Å². The average molecular weight is 821 g/mol. The number of carbonyl (C=O) groups excluding carboxylic acids is 2. The maximum atomic E-state index is 12.0. The molecule has 0 fully saturated rings. The molecule has 1 atom stereocenters. The SMILES string of the molecule is CC(O)/C=C/c1ccc(/C=N/NC(=O)c2ccc(O)c(Cl)c2)cc1.O=C(N/N=C/c1ccc(/C=C/COc2c(Cl)cccc2Cl)cc1)c1ccc(O)c(Cl)c1. The lowest BCUT2D eigenvalue weighted by atomic mass is 10.1. The summed E-state index contributed by atoms with van der Waals surface area (Å²) in [6.07, 6.45) is 9.81. The topological polar surface area (TPSA) is 153 Å². The minimum Gasteiger partial charge on any atom is -0.506 e. The van der Waals surface area contributed by atoms with Crippen molar-refractivity contribution in [2.24, 2.45) is 10.2 Å². The normalized spacial score (nSPS) is 11.8. The Morgan fingerprint density at radius 3 is 1.53 bits per heavy atom. The number of rotatable bonds is 12. The first-order valence-electron chi connectivity index (χ1n) is 16.3. The Morgan fingerprint density at radius 2 is 1.09 bits per heavy atom. The summed E-state index contributed by atoms with van der Waals surface area (Å²) in [7, 11) is 0. The summed E-state index contributed by atoms with van der Waals surface area (Å²) in [4.78, 5) is 23.9. The number of nitrogens with one attached hydrogen (secondary N) is 2. The Labute approximate surface area is 337 Å². The van der Waals surface area contributed by atoms with Gasteiger partial charge in [0, 0.05) is 11.1 Å². The highest BCUT2D eigenvalue weighted by atomic mass is 35.5. The van der Waals surface area contributed by atoms with Crippen LogP contribution in [0, 0.1) is 0 Å². The monoisotopic (exact) mass is 818 g/mol. The molecule has 0 saturated heterocycles. The Morgan fingerprint density at radius 1 is 0.655 bits per heavy atom. The van der Waals surface area contributed by atoms with E-state index < -0.39 is 17.9 Å². The molecule has 0 heterocycles. The molecule has 0 radical (unpaired) electrons. The van der Waals surface area contributed by atoms with Crippen LogP contribution in [0.1, 0.15) is 49.9 Å². The molecule has 0 aliphatic heterocycles. The number of phenols is 2. The number of hydrazone groups is 2. The van der Waals surface area contributed by atoms with Crippen molar-refractivity contribution in [3.63, 3.8) is 0 Å². The lowest BCUT2D eigenvalue weighted by Gasteiger charge is -2.07. The third-order valence-electron chi connectivity index (χ3n) is 7.17. The van der Waals surface area contributed by atoms with Crippen molar-refractivity contribution < 1.29 is 29.6 Å². The Kier molecular flexibility index (Phi) is 16.3. The number of aliphatic hydroxyl groups is 1. The van der Waals surface area contributed by atoms with Crippen LogP contribution in [0.4, 0.5) is 0 Å². The Balaban J connectivity index is 0.000000253. The molecule has 282 valence electrons. The number of nitrogens with zero attached hydrogens (tertiary/aromatic N) is 2. The maximum absolute atomic E-state index is 12.0. The van der Waals surface area contributed by atoms with Gasteiger partial charge in [0.1, 0.15) is 18.1 Å². The van der Waals surface area contributed by atoms with Crippen LogP contribution in [0.2, 0.25) is 20.1 Å². The van der Waals surface area contributed by atoms with Crippen molar-refractivity contribution in [2.45, 2.75) is 13.0 Å². The van der Waals surface area contributed by atoms with Gasteiger partial charge in [0.2, 0.25) is 0 Å². The molecule has 0 aliphatic rings. The van der Waals surface area contributed by atoms with Gasteiger partial charge in [-0.1, -0.05) is 119 Å². The largest absolute Gasteiger partial charge is 0.506 e. The summed E-state index contributed by atoms with van der Waals surface area (Å²) in [6.45, 7) is 2.00. The number of amides is 2. The van der Waals surface area contributed by atoms with Crippen molar-refractivity contribution in [3.05, 3.63) is 169 Å². The molecule has 5 N–H and O–H groups in total. The zero-order valence-electron chi connectivity index (χ0n) is 29.0. The molecule has 5 aromatic carbocycles. The number of phenolic OH excluding ortho intramolecular Hbond substituents is 2. The number of carbonyl (C=O) groups is 2. The summed E-state index contributed by atoms with van der Waals surface area (Å²) in [5.41, 5.74) is 8.94. The molecule has 5 rings (SSSR count). The van der Waals surface area contributed by atoms with Gasteiger partial charge < -0.3 is 20.1 Å². The number of halogens is 4. The first-order chi connectivity index (χ1) is 26.4. The fourth-order valence-electron chi connectivity index (χ4n) is 4.33. The standard InChI is InChI=1S/C23H17Cl3N2O3.C18H17ClN2O3/c24-18-4-1-5-19(25)22(18)31-12-2-3-15-6-8-16(9-7-15)14-27-28-23(30)17-10-11-21(29)20(26)13-17;1-12(22)2-3-13-4-6-14(7-5-13)11-20-21-18(24)15-8-9-17(23)16(19)10-15/h1-11,13-14,29H,12H2,(H,28,30);2-12,22-23H,1H3,(H,21,24)/b3-2+,27-14+;3-2+,20-11+. The van der Waals surface area contributed by atoms with E-state index in [0.717, 1.165) is 22.3 Å². The second-order valence-electron chi connectivity index (χ2n) is 11.4. The van der Waals surface area contributed by atoms with Crippen LogP contribution in [-0.4, -0.2) is 52.3 Å².